The van der Waals surface area contributed by atoms with Gasteiger partial charge in [0.25, 0.3) is 0 Å². The Kier molecular flexibility index (Phi) is 6.30. The summed E-state index contributed by atoms with van der Waals surface area (Å²) in [5, 5.41) is 14.9. The minimum Gasteiger partial charge on any atom is -0.508 e. The van der Waals surface area contributed by atoms with Crippen molar-refractivity contribution in [3.63, 3.8) is 0 Å². The maximum atomic E-state index is 10.3. The van der Waals surface area contributed by atoms with Crippen molar-refractivity contribution in [3.8, 4) is 5.75 Å². The average molecular weight is 364 g/mol. The molecule has 2 aromatic carbocycles. The topological polar surface area (TPSA) is 48.4 Å². The Morgan fingerprint density at radius 1 is 1.07 bits per heavy atom. The fourth-order valence-corrected chi connectivity index (χ4v) is 3.28. The Hall–Kier alpha value is -2.59. The number of aromatic nitrogens is 1. The molecule has 0 aliphatic rings. The van der Waals surface area contributed by atoms with E-state index in [9.17, 15) is 5.11 Å². The van der Waals surface area contributed by atoms with Crippen LogP contribution in [0.2, 0.25) is 0 Å². The van der Waals surface area contributed by atoms with E-state index in [4.69, 9.17) is 0 Å². The molecule has 0 aliphatic carbocycles. The molecule has 0 aliphatic heterocycles. The number of hydrogen-bond acceptors (Lipinski definition) is 4. The molecule has 4 heteroatoms. The van der Waals surface area contributed by atoms with Gasteiger partial charge in [-0.3, -0.25) is 9.88 Å². The summed E-state index contributed by atoms with van der Waals surface area (Å²) >= 11 is 0. The molecule has 0 unspecified atom stereocenters. The van der Waals surface area contributed by atoms with E-state index in [1.54, 1.807) is 6.07 Å². The van der Waals surface area contributed by atoms with Crippen molar-refractivity contribution in [2.75, 3.05) is 18.4 Å². The van der Waals surface area contributed by atoms with Gasteiger partial charge in [-0.15, -0.1) is 0 Å². The summed E-state index contributed by atoms with van der Waals surface area (Å²) in [5.74, 6) is 0.353. The number of rotatable bonds is 8. The second-order valence-corrected chi connectivity index (χ2v) is 7.07. The summed E-state index contributed by atoms with van der Waals surface area (Å²) < 4.78 is 0. The highest BCUT2D eigenvalue weighted by Crippen LogP contribution is 2.29. The molecule has 0 spiro atoms. The number of benzene rings is 2. The van der Waals surface area contributed by atoms with Gasteiger partial charge in [-0.25, -0.2) is 0 Å². The van der Waals surface area contributed by atoms with Gasteiger partial charge >= 0.3 is 0 Å². The molecule has 0 saturated carbocycles. The lowest BCUT2D eigenvalue weighted by molar-refractivity contribution is 0.271. The Balaban J connectivity index is 1.84. The number of unbranched alkanes of at least 4 members (excludes halogenated alkanes) is 1. The molecule has 2 N–H and O–H groups in total. The number of aromatic hydroxyl groups is 1. The van der Waals surface area contributed by atoms with Crippen LogP contribution in [0.3, 0.4) is 0 Å². The number of nitrogens with one attached hydrogen (secondary N) is 1. The molecule has 0 bridgehead atoms. The van der Waals surface area contributed by atoms with Crippen molar-refractivity contribution in [3.05, 3.63) is 59.8 Å². The van der Waals surface area contributed by atoms with E-state index >= 15 is 0 Å². The molecule has 0 radical (unpaired) electrons. The summed E-state index contributed by atoms with van der Waals surface area (Å²) in [5.41, 5.74) is 5.13. The van der Waals surface area contributed by atoms with E-state index in [2.05, 4.69) is 54.2 Å². The zero-order valence-corrected chi connectivity index (χ0v) is 16.5. The van der Waals surface area contributed by atoms with Crippen molar-refractivity contribution in [2.24, 2.45) is 0 Å². The zero-order valence-electron chi connectivity index (χ0n) is 16.5. The molecule has 142 valence electrons. The third-order valence-electron chi connectivity index (χ3n) is 4.93. The third-order valence-corrected chi connectivity index (χ3v) is 4.93. The van der Waals surface area contributed by atoms with Crippen molar-refractivity contribution in [1.82, 2.24) is 9.88 Å². The van der Waals surface area contributed by atoms with Crippen LogP contribution in [-0.2, 0) is 6.54 Å². The first-order valence-corrected chi connectivity index (χ1v) is 9.77. The van der Waals surface area contributed by atoms with Gasteiger partial charge in [-0.05, 0) is 62.3 Å². The van der Waals surface area contributed by atoms with Gasteiger partial charge in [0.15, 0.2) is 0 Å². The maximum absolute atomic E-state index is 10.3. The highest BCUT2D eigenvalue weighted by atomic mass is 16.3. The summed E-state index contributed by atoms with van der Waals surface area (Å²) in [7, 11) is 0. The molecule has 4 nitrogen and oxygen atoms in total. The Morgan fingerprint density at radius 2 is 1.93 bits per heavy atom. The van der Waals surface area contributed by atoms with Gasteiger partial charge in [0.05, 0.1) is 5.52 Å². The second kappa shape index (κ2) is 8.87. The molecule has 1 heterocycles. The van der Waals surface area contributed by atoms with Crippen LogP contribution in [0.1, 0.15) is 37.8 Å². The van der Waals surface area contributed by atoms with Gasteiger partial charge in [0, 0.05) is 35.1 Å². The summed E-state index contributed by atoms with van der Waals surface area (Å²) in [6.07, 6.45) is 4.18. The third kappa shape index (κ3) is 4.77. The second-order valence-electron chi connectivity index (χ2n) is 7.07. The van der Waals surface area contributed by atoms with Crippen LogP contribution >= 0.6 is 0 Å². The van der Waals surface area contributed by atoms with Crippen molar-refractivity contribution in [1.29, 1.82) is 0 Å². The predicted octanol–water partition coefficient (Wildman–Crippen LogP) is 5.61. The highest BCUT2D eigenvalue weighted by Gasteiger charge is 2.09. The smallest absolute Gasteiger partial charge is 0.120 e. The Bertz CT molecular complexity index is 907. The van der Waals surface area contributed by atoms with Gasteiger partial charge in [-0.2, -0.15) is 0 Å². The minimum absolute atomic E-state index is 0.353. The minimum atomic E-state index is 0.353. The van der Waals surface area contributed by atoms with Gasteiger partial charge in [-0.1, -0.05) is 32.4 Å². The maximum Gasteiger partial charge on any atom is 0.120 e. The zero-order chi connectivity index (χ0) is 19.2. The number of anilines is 2. The number of hydrogen-bond donors (Lipinski definition) is 2. The van der Waals surface area contributed by atoms with E-state index in [1.807, 2.05) is 24.4 Å². The van der Waals surface area contributed by atoms with Crippen LogP contribution in [0.5, 0.6) is 5.75 Å². The van der Waals surface area contributed by atoms with Crippen LogP contribution in [0.4, 0.5) is 11.4 Å². The van der Waals surface area contributed by atoms with Crippen molar-refractivity contribution < 1.29 is 5.11 Å². The molecule has 3 rings (SSSR count). The van der Waals surface area contributed by atoms with E-state index in [0.29, 0.717) is 5.75 Å². The molecule has 0 fully saturated rings. The van der Waals surface area contributed by atoms with E-state index < -0.39 is 0 Å². The van der Waals surface area contributed by atoms with Crippen LogP contribution in [0.15, 0.2) is 48.7 Å². The first-order chi connectivity index (χ1) is 13.1. The SMILES string of the molecule is CCCCN(CC)Cc1cc(Nc2ccnc3cc(C)ccc23)ccc1O. The highest BCUT2D eigenvalue weighted by molar-refractivity contribution is 5.93. The number of aryl methyl sites for hydroxylation is 1. The molecule has 3 aromatic rings. The van der Waals surface area contributed by atoms with Gasteiger partial charge in [0.1, 0.15) is 5.75 Å². The number of pyridine rings is 1. The number of fused-ring (bicyclic) bond motifs is 1. The lowest BCUT2D eigenvalue weighted by Crippen LogP contribution is -2.24. The van der Waals surface area contributed by atoms with Gasteiger partial charge < -0.3 is 10.4 Å². The molecule has 27 heavy (non-hydrogen) atoms. The monoisotopic (exact) mass is 363 g/mol. The van der Waals surface area contributed by atoms with Crippen LogP contribution in [0, 0.1) is 6.92 Å². The summed E-state index contributed by atoms with van der Waals surface area (Å²) in [6, 6.07) is 14.0. The van der Waals surface area contributed by atoms with Crippen LogP contribution in [0.25, 0.3) is 10.9 Å². The Labute approximate surface area is 161 Å². The predicted molar refractivity (Wildman–Crippen MR) is 114 cm³/mol. The normalized spacial score (nSPS) is 11.3. The van der Waals surface area contributed by atoms with Crippen LogP contribution < -0.4 is 5.32 Å². The lowest BCUT2D eigenvalue weighted by Gasteiger charge is -2.21. The number of phenolic OH excluding ortho intramolecular Hbond substituents is 1. The van der Waals surface area contributed by atoms with Gasteiger partial charge in [0.2, 0.25) is 0 Å². The molecule has 0 amide bonds. The standard InChI is InChI=1S/C23H29N3O/c1-4-6-13-26(5-2)16-18-15-19(8-10-23(18)27)25-21-11-12-24-22-14-17(3)7-9-20(21)22/h7-12,14-15,27H,4-6,13,16H2,1-3H3,(H,24,25). The molecule has 0 saturated heterocycles. The average Bonchev–Trinajstić information content (AvgIpc) is 2.67. The fraction of sp³-hybridized carbons (Fsp3) is 0.348. The van der Waals surface area contributed by atoms with E-state index in [-0.39, 0.29) is 0 Å². The number of nitrogens with zero attached hydrogens (tertiary/aromatic N) is 2. The first-order valence-electron chi connectivity index (χ1n) is 9.77. The molecular formula is C23H29N3O. The summed E-state index contributed by atoms with van der Waals surface area (Å²) in [6.45, 7) is 9.24. The quantitative estimate of drug-likeness (QED) is 0.510. The van der Waals surface area contributed by atoms with E-state index in [1.165, 1.54) is 18.4 Å². The molecular weight excluding hydrogens is 334 g/mol. The lowest BCUT2D eigenvalue weighted by atomic mass is 10.1. The largest absolute Gasteiger partial charge is 0.508 e. The number of phenols is 1. The molecule has 1 aromatic heterocycles. The fourth-order valence-electron chi connectivity index (χ4n) is 3.28. The Morgan fingerprint density at radius 3 is 2.70 bits per heavy atom. The van der Waals surface area contributed by atoms with Crippen molar-refractivity contribution in [2.45, 2.75) is 40.2 Å². The summed E-state index contributed by atoms with van der Waals surface area (Å²) in [4.78, 5) is 6.84. The first kappa shape index (κ1) is 19.2. The van der Waals surface area contributed by atoms with Crippen molar-refractivity contribution >= 4 is 22.3 Å². The van der Waals surface area contributed by atoms with E-state index in [0.717, 1.165) is 47.5 Å². The van der Waals surface area contributed by atoms with Crippen LogP contribution in [-0.4, -0.2) is 28.1 Å². The molecule has 0 atom stereocenters.